The van der Waals surface area contributed by atoms with Crippen LogP contribution in [0.2, 0.25) is 35.7 Å². The first kappa shape index (κ1) is 35.4. The average molecular weight is 728 g/mol. The number of benzene rings is 1. The smallest absolute Gasteiger partial charge is 0.163 e. The summed E-state index contributed by atoms with van der Waals surface area (Å²) in [7, 11) is 1.06. The summed E-state index contributed by atoms with van der Waals surface area (Å²) >= 11 is 12.8. The highest BCUT2D eigenvalue weighted by Gasteiger charge is 2.54. The SMILES string of the molecule is CN(CCCCc1nc2cc(Cl)c(Cl)cc2n1COCC[Si](C)(C)C)C[C@H]1C[C@@H](n2ccc3c(CC4CC4)ncnc32)[C@@H]2OC(C)(C)O[C@H]12. The minimum absolute atomic E-state index is 0.00573. The van der Waals surface area contributed by atoms with Crippen molar-refractivity contribution in [2.24, 2.45) is 11.8 Å². The fourth-order valence-corrected chi connectivity index (χ4v) is 8.83. The van der Waals surface area contributed by atoms with Gasteiger partial charge in [-0.25, -0.2) is 15.0 Å². The van der Waals surface area contributed by atoms with Crippen molar-refractivity contribution in [1.82, 2.24) is 29.0 Å². The standard InChI is InChI=1S/C37H52Cl2N6O3Si/c1-37(2)47-34-25(18-32(35(34)48-37)44-14-12-26-29(17-24-10-11-24)40-22-41-36(26)44)21-43(3)13-8-7-9-33-42-30-19-27(38)28(39)20-31(30)45(33)23-46-15-16-49(4,5)6/h12,14,19-20,22,24-25,32,34-35H,7-11,13,15-18,21,23H2,1-6H3/t25-,32-,34-,35+/m1/s1. The maximum atomic E-state index is 6.59. The Morgan fingerprint density at radius 2 is 1.84 bits per heavy atom. The van der Waals surface area contributed by atoms with E-state index in [4.69, 9.17) is 47.4 Å². The highest BCUT2D eigenvalue weighted by Crippen LogP contribution is 2.48. The molecule has 4 aromatic rings. The van der Waals surface area contributed by atoms with Crippen molar-refractivity contribution in [1.29, 1.82) is 0 Å². The van der Waals surface area contributed by atoms with E-state index in [1.54, 1.807) is 6.33 Å². The number of fused-ring (bicyclic) bond motifs is 3. The first-order chi connectivity index (χ1) is 23.3. The zero-order valence-electron chi connectivity index (χ0n) is 29.9. The molecule has 0 amide bonds. The number of hydrogen-bond donors (Lipinski definition) is 0. The van der Waals surface area contributed by atoms with Gasteiger partial charge in [0, 0.05) is 45.1 Å². The van der Waals surface area contributed by atoms with Crippen LogP contribution in [0.25, 0.3) is 22.1 Å². The van der Waals surface area contributed by atoms with Crippen molar-refractivity contribution in [3.05, 3.63) is 52.3 Å². The second kappa shape index (κ2) is 14.2. The van der Waals surface area contributed by atoms with Crippen LogP contribution in [0.1, 0.15) is 63.5 Å². The molecule has 266 valence electrons. The highest BCUT2D eigenvalue weighted by molar-refractivity contribution is 6.76. The molecule has 4 heterocycles. The predicted octanol–water partition coefficient (Wildman–Crippen LogP) is 8.39. The third-order valence-electron chi connectivity index (χ3n) is 10.5. The molecule has 1 aliphatic heterocycles. The minimum atomic E-state index is -1.18. The fraction of sp³-hybridized carbons (Fsp3) is 0.649. The van der Waals surface area contributed by atoms with Gasteiger partial charge in [0.1, 0.15) is 30.6 Å². The normalized spacial score (nSPS) is 23.8. The Labute approximate surface area is 301 Å². The van der Waals surface area contributed by atoms with Gasteiger partial charge in [0.15, 0.2) is 5.79 Å². The third kappa shape index (κ3) is 8.06. The Kier molecular flexibility index (Phi) is 10.2. The summed E-state index contributed by atoms with van der Waals surface area (Å²) in [4.78, 5) is 16.9. The maximum absolute atomic E-state index is 6.59. The average Bonchev–Trinajstić information content (AvgIpc) is 3.34. The first-order valence-electron chi connectivity index (χ1n) is 18.1. The van der Waals surface area contributed by atoms with E-state index in [0.717, 1.165) is 86.3 Å². The third-order valence-corrected chi connectivity index (χ3v) is 12.9. The van der Waals surface area contributed by atoms with Crippen LogP contribution < -0.4 is 0 Å². The van der Waals surface area contributed by atoms with Gasteiger partial charge < -0.3 is 28.2 Å². The molecule has 3 aliphatic rings. The molecule has 1 saturated heterocycles. The molecular formula is C37H52Cl2N6O3Si. The number of hydrogen-bond acceptors (Lipinski definition) is 7. The quantitative estimate of drug-likeness (QED) is 0.0900. The van der Waals surface area contributed by atoms with E-state index in [2.05, 4.69) is 58.0 Å². The molecule has 9 nitrogen and oxygen atoms in total. The Balaban J connectivity index is 0.980. The van der Waals surface area contributed by atoms with Crippen molar-refractivity contribution < 1.29 is 14.2 Å². The van der Waals surface area contributed by atoms with Gasteiger partial charge >= 0.3 is 0 Å². The van der Waals surface area contributed by atoms with Gasteiger partial charge in [-0.3, -0.25) is 0 Å². The maximum Gasteiger partial charge on any atom is 0.163 e. The van der Waals surface area contributed by atoms with Crippen LogP contribution in [0.15, 0.2) is 30.7 Å². The lowest BCUT2D eigenvalue weighted by Gasteiger charge is -2.27. The first-order valence-corrected chi connectivity index (χ1v) is 22.6. The number of nitrogens with zero attached hydrogens (tertiary/aromatic N) is 6. The monoisotopic (exact) mass is 726 g/mol. The summed E-state index contributed by atoms with van der Waals surface area (Å²) in [5, 5.41) is 2.25. The van der Waals surface area contributed by atoms with Crippen molar-refractivity contribution >= 4 is 53.3 Å². The molecule has 0 bridgehead atoms. The van der Waals surface area contributed by atoms with E-state index >= 15 is 0 Å². The van der Waals surface area contributed by atoms with Crippen LogP contribution in [0.3, 0.4) is 0 Å². The van der Waals surface area contributed by atoms with E-state index in [0.29, 0.717) is 22.7 Å². The highest BCUT2D eigenvalue weighted by atomic mass is 35.5. The second-order valence-electron chi connectivity index (χ2n) is 16.3. The number of aryl methyl sites for hydroxylation is 1. The zero-order valence-corrected chi connectivity index (χ0v) is 32.4. The topological polar surface area (TPSA) is 79.5 Å². The lowest BCUT2D eigenvalue weighted by Crippen LogP contribution is -2.34. The number of unbranched alkanes of at least 4 members (excludes halogenated alkanes) is 1. The summed E-state index contributed by atoms with van der Waals surface area (Å²) in [6, 6.07) is 7.29. The molecule has 1 aromatic carbocycles. The number of ether oxygens (including phenoxy) is 3. The Morgan fingerprint density at radius 3 is 2.61 bits per heavy atom. The Bertz CT molecular complexity index is 1780. The molecule has 4 atom stereocenters. The van der Waals surface area contributed by atoms with E-state index in [1.807, 2.05) is 26.0 Å². The second-order valence-corrected chi connectivity index (χ2v) is 22.8. The molecule has 2 saturated carbocycles. The van der Waals surface area contributed by atoms with Crippen LogP contribution in [-0.4, -0.2) is 81.8 Å². The lowest BCUT2D eigenvalue weighted by molar-refractivity contribution is -0.160. The Morgan fingerprint density at radius 1 is 1.06 bits per heavy atom. The Hall–Kier alpha value is -2.05. The number of imidazole rings is 1. The van der Waals surface area contributed by atoms with E-state index in [9.17, 15) is 0 Å². The van der Waals surface area contributed by atoms with E-state index in [-0.39, 0.29) is 18.2 Å². The largest absolute Gasteiger partial charge is 0.361 e. The van der Waals surface area contributed by atoms with Gasteiger partial charge in [-0.05, 0) is 96.1 Å². The van der Waals surface area contributed by atoms with Gasteiger partial charge in [0.05, 0.1) is 38.9 Å². The van der Waals surface area contributed by atoms with Crippen molar-refractivity contribution in [2.45, 2.75) is 115 Å². The summed E-state index contributed by atoms with van der Waals surface area (Å²) in [5.41, 5.74) is 4.04. The predicted molar refractivity (Wildman–Crippen MR) is 199 cm³/mol. The van der Waals surface area contributed by atoms with Gasteiger partial charge in [0.25, 0.3) is 0 Å². The molecule has 3 aromatic heterocycles. The lowest BCUT2D eigenvalue weighted by atomic mass is 10.0. The van der Waals surface area contributed by atoms with Crippen LogP contribution in [0.4, 0.5) is 0 Å². The summed E-state index contributed by atoms with van der Waals surface area (Å²) in [6.07, 6.45) is 11.6. The minimum Gasteiger partial charge on any atom is -0.361 e. The van der Waals surface area contributed by atoms with Crippen LogP contribution in [0.5, 0.6) is 0 Å². The van der Waals surface area contributed by atoms with Crippen molar-refractivity contribution in [2.75, 3.05) is 26.7 Å². The summed E-state index contributed by atoms with van der Waals surface area (Å²) < 4.78 is 23.8. The van der Waals surface area contributed by atoms with Gasteiger partial charge in [0.2, 0.25) is 0 Å². The number of rotatable bonds is 15. The number of halogens is 2. The van der Waals surface area contributed by atoms with Gasteiger partial charge in [-0.2, -0.15) is 0 Å². The van der Waals surface area contributed by atoms with Crippen LogP contribution >= 0.6 is 23.2 Å². The van der Waals surface area contributed by atoms with Crippen molar-refractivity contribution in [3.8, 4) is 0 Å². The molecule has 3 fully saturated rings. The van der Waals surface area contributed by atoms with Gasteiger partial charge in [-0.1, -0.05) is 42.8 Å². The number of aromatic nitrogens is 5. The molecule has 12 heteroatoms. The molecule has 0 N–H and O–H groups in total. The van der Waals surface area contributed by atoms with E-state index in [1.165, 1.54) is 23.9 Å². The molecular weight excluding hydrogens is 675 g/mol. The molecule has 0 spiro atoms. The van der Waals surface area contributed by atoms with Crippen LogP contribution in [0, 0.1) is 11.8 Å². The molecule has 49 heavy (non-hydrogen) atoms. The van der Waals surface area contributed by atoms with Crippen molar-refractivity contribution in [3.63, 3.8) is 0 Å². The molecule has 7 rings (SSSR count). The zero-order chi connectivity index (χ0) is 34.5. The molecule has 0 unspecified atom stereocenters. The summed E-state index contributed by atoms with van der Waals surface area (Å²) in [6.45, 7) is 14.4. The van der Waals surface area contributed by atoms with Gasteiger partial charge in [-0.15, -0.1) is 0 Å². The fourth-order valence-electron chi connectivity index (χ4n) is 7.75. The summed E-state index contributed by atoms with van der Waals surface area (Å²) in [5.74, 6) is 1.56. The molecule has 0 radical (unpaired) electrons. The van der Waals surface area contributed by atoms with Crippen LogP contribution in [-0.2, 0) is 33.8 Å². The molecule has 2 aliphatic carbocycles. The van der Waals surface area contributed by atoms with E-state index < -0.39 is 13.9 Å².